The molecule has 0 saturated carbocycles. The second-order valence-corrected chi connectivity index (χ2v) is 8.09. The molecule has 0 atom stereocenters. The van der Waals surface area contributed by atoms with Crippen molar-refractivity contribution in [3.8, 4) is 0 Å². The van der Waals surface area contributed by atoms with E-state index in [1.807, 2.05) is 0 Å². The van der Waals surface area contributed by atoms with Crippen LogP contribution in [0, 0.1) is 0 Å². The van der Waals surface area contributed by atoms with E-state index in [4.69, 9.17) is 0 Å². The summed E-state index contributed by atoms with van der Waals surface area (Å²) in [6.45, 7) is 3.24. The van der Waals surface area contributed by atoms with Gasteiger partial charge in [-0.25, -0.2) is 0 Å². The van der Waals surface area contributed by atoms with Crippen molar-refractivity contribution in [3.63, 3.8) is 0 Å². The maximum atomic E-state index is 2.42. The molecule has 3 rings (SSSR count). The summed E-state index contributed by atoms with van der Waals surface area (Å²) in [5.41, 5.74) is 3.83. The first-order valence-corrected chi connectivity index (χ1v) is 9.94. The summed E-state index contributed by atoms with van der Waals surface area (Å²) in [5.74, 6) is 0. The molecule has 0 fully saturated rings. The zero-order chi connectivity index (χ0) is 16.9. The molecule has 0 aliphatic rings. The van der Waals surface area contributed by atoms with Crippen molar-refractivity contribution in [1.29, 1.82) is 0 Å². The van der Waals surface area contributed by atoms with E-state index in [2.05, 4.69) is 103 Å². The van der Waals surface area contributed by atoms with Gasteiger partial charge in [-0.05, 0) is 0 Å². The molecule has 0 N–H and O–H groups in total. The minimum absolute atomic E-state index is 0.407. The van der Waals surface area contributed by atoms with Gasteiger partial charge in [0.2, 0.25) is 0 Å². The van der Waals surface area contributed by atoms with Crippen LogP contribution in [0.5, 0.6) is 0 Å². The quantitative estimate of drug-likeness (QED) is 0.368. The van der Waals surface area contributed by atoms with E-state index in [-0.39, 0.29) is 0 Å². The van der Waals surface area contributed by atoms with E-state index >= 15 is 0 Å². The first-order chi connectivity index (χ1) is 11.7. The summed E-state index contributed by atoms with van der Waals surface area (Å²) < 4.78 is 5.33. The fourth-order valence-electron chi connectivity index (χ4n) is 2.69. The number of hydrogen-bond acceptors (Lipinski definition) is 1. The average molecular weight is 382 g/mol. The Balaban J connectivity index is 1.76. The van der Waals surface area contributed by atoms with Crippen LogP contribution in [-0.4, -0.2) is 28.6 Å². The maximum absolute atomic E-state index is 2.42. The third kappa shape index (κ3) is 3.69. The predicted octanol–water partition coefficient (Wildman–Crippen LogP) is 4.00. The third-order valence-electron chi connectivity index (χ3n) is 4.00. The Morgan fingerprint density at radius 2 is 1.67 bits per heavy atom. The van der Waals surface area contributed by atoms with Gasteiger partial charge in [0, 0.05) is 0 Å². The topological polar surface area (TPSA) is 7.12 Å². The van der Waals surface area contributed by atoms with Crippen LogP contribution in [0.2, 0.25) is 0 Å². The van der Waals surface area contributed by atoms with E-state index < -0.39 is 0 Å². The van der Waals surface area contributed by atoms with E-state index in [0.29, 0.717) is 14.5 Å². The standard InChI is InChI=1S/C21H23N2Se/c1-4-23-19-10-6-7-11-20(19)24-21(23)12-8-5-9-17-13-15-18(16-14-17)22(2)3/h5-16H,4H2,1-3H3/q+1. The number of fused-ring (bicyclic) bond motifs is 1. The van der Waals surface area contributed by atoms with Crippen molar-refractivity contribution in [2.24, 2.45) is 0 Å². The zero-order valence-corrected chi connectivity index (χ0v) is 16.2. The van der Waals surface area contributed by atoms with Crippen molar-refractivity contribution >= 4 is 42.1 Å². The average Bonchev–Trinajstić information content (AvgIpc) is 2.96. The molecule has 0 spiro atoms. The molecule has 1 heterocycles. The van der Waals surface area contributed by atoms with Crippen LogP contribution >= 0.6 is 0 Å². The first kappa shape index (κ1) is 16.8. The van der Waals surface area contributed by atoms with Crippen molar-refractivity contribution in [2.45, 2.75) is 13.5 Å². The molecule has 0 bridgehead atoms. The Morgan fingerprint density at radius 1 is 0.958 bits per heavy atom. The van der Waals surface area contributed by atoms with Crippen LogP contribution in [0.15, 0.2) is 60.7 Å². The molecule has 0 aliphatic heterocycles. The summed E-state index contributed by atoms with van der Waals surface area (Å²) in [4.78, 5) is 2.11. The number of allylic oxidation sites excluding steroid dienone is 2. The van der Waals surface area contributed by atoms with Crippen molar-refractivity contribution in [1.82, 2.24) is 0 Å². The molecule has 2 aromatic carbocycles. The number of anilines is 1. The molecule has 0 aliphatic carbocycles. The number of aryl methyl sites for hydroxylation is 1. The molecule has 1 aromatic heterocycles. The van der Waals surface area contributed by atoms with Crippen LogP contribution < -0.4 is 9.47 Å². The van der Waals surface area contributed by atoms with Crippen LogP contribution in [0.25, 0.3) is 21.9 Å². The summed E-state index contributed by atoms with van der Waals surface area (Å²) in [6, 6.07) is 17.3. The first-order valence-electron chi connectivity index (χ1n) is 8.22. The van der Waals surface area contributed by atoms with Crippen molar-refractivity contribution in [2.75, 3.05) is 19.0 Å². The van der Waals surface area contributed by atoms with Gasteiger partial charge in [0.1, 0.15) is 0 Å². The fraction of sp³-hybridized carbons (Fsp3) is 0.190. The van der Waals surface area contributed by atoms with E-state index in [1.165, 1.54) is 25.6 Å². The van der Waals surface area contributed by atoms with Gasteiger partial charge in [-0.3, -0.25) is 0 Å². The summed E-state index contributed by atoms with van der Waals surface area (Å²) in [7, 11) is 4.12. The SMILES string of the molecule is CC[n+]1c(C=CC=Cc2ccc(N(C)C)cc2)[se]c2ccccc21. The molecular weight excluding hydrogens is 359 g/mol. The number of nitrogens with zero attached hydrogens (tertiary/aromatic N) is 2. The van der Waals surface area contributed by atoms with Gasteiger partial charge in [0.05, 0.1) is 0 Å². The van der Waals surface area contributed by atoms with Gasteiger partial charge in [-0.2, -0.15) is 0 Å². The Kier molecular flexibility index (Phi) is 5.34. The van der Waals surface area contributed by atoms with Crippen LogP contribution in [0.4, 0.5) is 5.69 Å². The fourth-order valence-corrected chi connectivity index (χ4v) is 5.08. The molecule has 2 nitrogen and oxygen atoms in total. The summed E-state index contributed by atoms with van der Waals surface area (Å²) >= 11 is 0.407. The van der Waals surface area contributed by atoms with Crippen LogP contribution in [-0.2, 0) is 6.54 Å². The second-order valence-electron chi connectivity index (χ2n) is 5.86. The van der Waals surface area contributed by atoms with E-state index in [9.17, 15) is 0 Å². The van der Waals surface area contributed by atoms with Gasteiger partial charge < -0.3 is 0 Å². The Hall–Kier alpha value is -2.09. The van der Waals surface area contributed by atoms with Crippen LogP contribution in [0.1, 0.15) is 17.1 Å². The molecule has 0 amide bonds. The van der Waals surface area contributed by atoms with Gasteiger partial charge >= 0.3 is 150 Å². The molecular formula is C21H23N2Se+. The number of hydrogen-bond donors (Lipinski definition) is 0. The van der Waals surface area contributed by atoms with Gasteiger partial charge in [-0.1, -0.05) is 0 Å². The number of aromatic nitrogens is 1. The van der Waals surface area contributed by atoms with E-state index in [0.717, 1.165) is 6.54 Å². The van der Waals surface area contributed by atoms with Crippen molar-refractivity contribution in [3.05, 3.63) is 70.8 Å². The third-order valence-corrected chi connectivity index (χ3v) is 6.37. The van der Waals surface area contributed by atoms with Gasteiger partial charge in [-0.15, -0.1) is 0 Å². The zero-order valence-electron chi connectivity index (χ0n) is 14.4. The Labute approximate surface area is 150 Å². The van der Waals surface area contributed by atoms with Gasteiger partial charge in [0.15, 0.2) is 0 Å². The van der Waals surface area contributed by atoms with Crippen LogP contribution in [0.3, 0.4) is 0 Å². The van der Waals surface area contributed by atoms with Gasteiger partial charge in [0.25, 0.3) is 0 Å². The Morgan fingerprint density at radius 3 is 2.38 bits per heavy atom. The summed E-state index contributed by atoms with van der Waals surface area (Å²) in [5, 5.41) is 0. The van der Waals surface area contributed by atoms with E-state index in [1.54, 1.807) is 0 Å². The Bertz CT molecular complexity index is 870. The minimum atomic E-state index is 0.407. The van der Waals surface area contributed by atoms with Crippen molar-refractivity contribution < 1.29 is 4.57 Å². The molecule has 0 saturated heterocycles. The molecule has 122 valence electrons. The molecule has 24 heavy (non-hydrogen) atoms. The number of benzene rings is 2. The monoisotopic (exact) mass is 383 g/mol. The summed E-state index contributed by atoms with van der Waals surface area (Å²) in [6.07, 6.45) is 8.70. The number of rotatable bonds is 5. The molecule has 3 heteroatoms. The normalized spacial score (nSPS) is 11.8. The molecule has 0 unspecified atom stereocenters. The second kappa shape index (κ2) is 7.65. The molecule has 3 aromatic rings. The predicted molar refractivity (Wildman–Crippen MR) is 106 cm³/mol. The number of para-hydroxylation sites is 1. The molecule has 0 radical (unpaired) electrons.